The fourth-order valence-electron chi connectivity index (χ4n) is 1.41. The van der Waals surface area contributed by atoms with Gasteiger partial charge in [-0.2, -0.15) is 0 Å². The van der Waals surface area contributed by atoms with Crippen molar-refractivity contribution in [3.63, 3.8) is 0 Å². The van der Waals surface area contributed by atoms with E-state index in [2.05, 4.69) is 15.3 Å². The Morgan fingerprint density at radius 3 is 2.52 bits per heavy atom. The average Bonchev–Trinajstić information content (AvgIpc) is 2.99. The molecule has 9 heteroatoms. The van der Waals surface area contributed by atoms with Crippen LogP contribution in [0.15, 0.2) is 10.4 Å². The number of nitrogens with one attached hydrogen (secondary N) is 1. The first-order valence-corrected chi connectivity index (χ1v) is 9.99. The molecule has 0 spiro atoms. The van der Waals surface area contributed by atoms with Crippen molar-refractivity contribution in [3.05, 3.63) is 16.1 Å². The Balaban J connectivity index is 0.00000277. The number of hydrogen-bond donors (Lipinski definition) is 2. The maximum absolute atomic E-state index is 11.6. The Morgan fingerprint density at radius 1 is 1.44 bits per heavy atom. The number of aliphatic imine (C=N–C) groups is 1. The van der Waals surface area contributed by atoms with Gasteiger partial charge in [0.1, 0.15) is 27.4 Å². The molecule has 1 amide bonds. The van der Waals surface area contributed by atoms with Crippen LogP contribution >= 0.6 is 23.1 Å². The Morgan fingerprint density at radius 2 is 2.04 bits per heavy atom. The lowest BCUT2D eigenvalue weighted by molar-refractivity contribution is -0.137. The molecule has 0 aromatic carbocycles. The predicted molar refractivity (Wildman–Crippen MR) is 104 cm³/mol. The zero-order valence-electron chi connectivity index (χ0n) is 15.7. The third-order valence-electron chi connectivity index (χ3n) is 2.42. The fourth-order valence-corrected chi connectivity index (χ4v) is 2.78. The number of carbonyl (C=O) groups excluding carboxylic acids is 1. The number of thiazole rings is 1. The van der Waals surface area contributed by atoms with Gasteiger partial charge in [0.05, 0.1) is 6.54 Å². The molecule has 1 heterocycles. The lowest BCUT2D eigenvalue weighted by atomic mass is 10.2. The Labute approximate surface area is 157 Å². The SMILES string of the molecule is CC.CSC(=N[C@H](C)C(=O)O)c1csc(CNC(=O)OC(C)(C)C)n1. The molecule has 7 nitrogen and oxygen atoms in total. The third-order valence-corrected chi connectivity index (χ3v) is 3.97. The smallest absolute Gasteiger partial charge is 0.408 e. The first-order chi connectivity index (χ1) is 11.6. The van der Waals surface area contributed by atoms with Crippen LogP contribution in [-0.2, 0) is 16.1 Å². The number of hydrogen-bond acceptors (Lipinski definition) is 7. The van der Waals surface area contributed by atoms with Crippen LogP contribution in [0.4, 0.5) is 4.79 Å². The number of aliphatic carboxylic acids is 1. The highest BCUT2D eigenvalue weighted by atomic mass is 32.2. The monoisotopic (exact) mass is 389 g/mol. The normalized spacial score (nSPS) is 12.7. The van der Waals surface area contributed by atoms with Crippen LogP contribution < -0.4 is 5.32 Å². The van der Waals surface area contributed by atoms with Gasteiger partial charge in [-0.15, -0.1) is 23.1 Å². The maximum atomic E-state index is 11.6. The molecule has 0 unspecified atom stereocenters. The van der Waals surface area contributed by atoms with Gasteiger partial charge in [-0.05, 0) is 34.0 Å². The highest BCUT2D eigenvalue weighted by Crippen LogP contribution is 2.17. The Kier molecular flexibility index (Phi) is 10.4. The minimum atomic E-state index is -0.987. The summed E-state index contributed by atoms with van der Waals surface area (Å²) < 4.78 is 5.15. The lowest BCUT2D eigenvalue weighted by Gasteiger charge is -2.19. The number of carboxylic acid groups (broad SMARTS) is 1. The zero-order valence-corrected chi connectivity index (χ0v) is 17.4. The van der Waals surface area contributed by atoms with E-state index in [1.54, 1.807) is 26.2 Å². The van der Waals surface area contributed by atoms with E-state index in [9.17, 15) is 9.59 Å². The molecule has 25 heavy (non-hydrogen) atoms. The van der Waals surface area contributed by atoms with Gasteiger partial charge >= 0.3 is 12.1 Å². The minimum Gasteiger partial charge on any atom is -0.480 e. The molecule has 2 N–H and O–H groups in total. The first-order valence-electron chi connectivity index (χ1n) is 7.88. The minimum absolute atomic E-state index is 0.246. The molecule has 1 atom stereocenters. The van der Waals surface area contributed by atoms with Crippen LogP contribution in [0, 0.1) is 0 Å². The topological polar surface area (TPSA) is 101 Å². The first kappa shape index (κ1) is 23.4. The Bertz CT molecular complexity index is 594. The highest BCUT2D eigenvalue weighted by Gasteiger charge is 2.17. The van der Waals surface area contributed by atoms with Gasteiger partial charge in [-0.3, -0.25) is 4.99 Å². The van der Waals surface area contributed by atoms with E-state index in [4.69, 9.17) is 9.84 Å². The van der Waals surface area contributed by atoms with Crippen molar-refractivity contribution in [1.29, 1.82) is 0 Å². The Hall–Kier alpha value is -1.61. The van der Waals surface area contributed by atoms with Crippen molar-refractivity contribution in [2.45, 2.75) is 59.7 Å². The second-order valence-corrected chi connectivity index (χ2v) is 7.37. The largest absolute Gasteiger partial charge is 0.480 e. The summed E-state index contributed by atoms with van der Waals surface area (Å²) in [5.41, 5.74) is 0.0561. The summed E-state index contributed by atoms with van der Waals surface area (Å²) in [5.74, 6) is -0.987. The molecule has 0 saturated heterocycles. The van der Waals surface area contributed by atoms with E-state index >= 15 is 0 Å². The second-order valence-electron chi connectivity index (χ2n) is 5.63. The summed E-state index contributed by atoms with van der Waals surface area (Å²) in [6.07, 6.45) is 1.30. The summed E-state index contributed by atoms with van der Waals surface area (Å²) in [6, 6.07) is -0.831. The van der Waals surface area contributed by atoms with Crippen LogP contribution in [-0.4, -0.2) is 45.1 Å². The van der Waals surface area contributed by atoms with Crippen LogP contribution in [0.1, 0.15) is 52.2 Å². The average molecular weight is 390 g/mol. The van der Waals surface area contributed by atoms with Crippen LogP contribution in [0.25, 0.3) is 0 Å². The maximum Gasteiger partial charge on any atom is 0.408 e. The number of nitrogens with zero attached hydrogens (tertiary/aromatic N) is 2. The summed E-state index contributed by atoms with van der Waals surface area (Å²) >= 11 is 2.70. The molecule has 0 saturated carbocycles. The molecule has 142 valence electrons. The molecule has 1 rings (SSSR count). The van der Waals surface area contributed by atoms with Crippen LogP contribution in [0.5, 0.6) is 0 Å². The molecule has 0 aliphatic heterocycles. The zero-order chi connectivity index (χ0) is 19.6. The van der Waals surface area contributed by atoms with E-state index in [-0.39, 0.29) is 6.54 Å². The number of thioether (sulfide) groups is 1. The molecule has 0 radical (unpaired) electrons. The quantitative estimate of drug-likeness (QED) is 0.587. The van der Waals surface area contributed by atoms with Crippen LogP contribution in [0.3, 0.4) is 0 Å². The van der Waals surface area contributed by atoms with Gasteiger partial charge in [-0.25, -0.2) is 14.6 Å². The molecule has 0 bridgehead atoms. The number of aromatic nitrogens is 1. The van der Waals surface area contributed by atoms with Gasteiger partial charge in [0.2, 0.25) is 0 Å². The third kappa shape index (κ3) is 9.45. The summed E-state index contributed by atoms with van der Waals surface area (Å²) in [5, 5.41) is 14.6. The standard InChI is InChI=1S/C14H21N3O4S2.C2H6/c1-8(12(18)19)16-11(22-5)9-7-23-10(17-9)6-15-13(20)21-14(2,3)4;1-2/h7-8H,6H2,1-5H3,(H,15,20)(H,18,19);1-2H3/t8-;/m1./s1. The summed E-state index contributed by atoms with van der Waals surface area (Å²) in [6.45, 7) is 11.1. The molecule has 1 aromatic heterocycles. The summed E-state index contributed by atoms with van der Waals surface area (Å²) in [7, 11) is 0. The number of rotatable bonds is 5. The molecule has 0 fully saturated rings. The van der Waals surface area contributed by atoms with E-state index in [1.807, 2.05) is 20.1 Å². The van der Waals surface area contributed by atoms with Crippen molar-refractivity contribution in [2.75, 3.05) is 6.26 Å². The lowest BCUT2D eigenvalue weighted by Crippen LogP contribution is -2.32. The van der Waals surface area contributed by atoms with Crippen molar-refractivity contribution in [3.8, 4) is 0 Å². The molecular formula is C16H27N3O4S2. The van der Waals surface area contributed by atoms with Gasteiger partial charge < -0.3 is 15.2 Å². The van der Waals surface area contributed by atoms with Gasteiger partial charge in [0, 0.05) is 5.38 Å². The van der Waals surface area contributed by atoms with Crippen molar-refractivity contribution in [1.82, 2.24) is 10.3 Å². The number of carbonyl (C=O) groups is 2. The number of carboxylic acids is 1. The van der Waals surface area contributed by atoms with E-state index in [1.165, 1.54) is 30.0 Å². The van der Waals surface area contributed by atoms with Crippen LogP contribution in [0.2, 0.25) is 0 Å². The second kappa shape index (κ2) is 11.1. The number of amides is 1. The number of ether oxygens (including phenoxy) is 1. The molecule has 1 aromatic rings. The molecule has 0 aliphatic rings. The van der Waals surface area contributed by atoms with Crippen molar-refractivity contribution < 1.29 is 19.4 Å². The fraction of sp³-hybridized carbons (Fsp3) is 0.625. The van der Waals surface area contributed by atoms with Gasteiger partial charge in [0.25, 0.3) is 0 Å². The molecule has 0 aliphatic carbocycles. The molecular weight excluding hydrogens is 362 g/mol. The summed E-state index contributed by atoms with van der Waals surface area (Å²) in [4.78, 5) is 31.0. The van der Waals surface area contributed by atoms with Crippen molar-refractivity contribution in [2.24, 2.45) is 4.99 Å². The van der Waals surface area contributed by atoms with E-state index in [0.29, 0.717) is 15.7 Å². The van der Waals surface area contributed by atoms with Gasteiger partial charge in [0.15, 0.2) is 0 Å². The van der Waals surface area contributed by atoms with E-state index < -0.39 is 23.7 Å². The van der Waals surface area contributed by atoms with E-state index in [0.717, 1.165) is 0 Å². The predicted octanol–water partition coefficient (Wildman–Crippen LogP) is 3.78. The van der Waals surface area contributed by atoms with Crippen molar-refractivity contribution >= 4 is 40.2 Å². The highest BCUT2D eigenvalue weighted by molar-refractivity contribution is 8.13. The number of alkyl carbamates (subject to hydrolysis) is 1. The van der Waals surface area contributed by atoms with Gasteiger partial charge in [-0.1, -0.05) is 13.8 Å².